The topological polar surface area (TPSA) is 35.2 Å². The SMILES string of the molecule is CC(C)=CCOc1cc(F)ccc1N. The van der Waals surface area contributed by atoms with Gasteiger partial charge in [0.15, 0.2) is 0 Å². The maximum atomic E-state index is 12.8. The molecule has 2 nitrogen and oxygen atoms in total. The van der Waals surface area contributed by atoms with Crippen molar-refractivity contribution in [2.24, 2.45) is 0 Å². The molecule has 0 heterocycles. The van der Waals surface area contributed by atoms with Crippen LogP contribution in [-0.4, -0.2) is 6.61 Å². The van der Waals surface area contributed by atoms with Crippen LogP contribution >= 0.6 is 0 Å². The van der Waals surface area contributed by atoms with Crippen molar-refractivity contribution in [2.75, 3.05) is 12.3 Å². The molecule has 0 radical (unpaired) electrons. The number of hydrogen-bond acceptors (Lipinski definition) is 2. The Balaban J connectivity index is 2.67. The van der Waals surface area contributed by atoms with Crippen LogP contribution in [0, 0.1) is 5.82 Å². The van der Waals surface area contributed by atoms with E-state index in [9.17, 15) is 4.39 Å². The molecule has 0 fully saturated rings. The molecule has 0 amide bonds. The predicted octanol–water partition coefficient (Wildman–Crippen LogP) is 2.75. The maximum absolute atomic E-state index is 12.8. The van der Waals surface area contributed by atoms with Crippen molar-refractivity contribution in [3.8, 4) is 5.75 Å². The standard InChI is InChI=1S/C11H14FNO/c1-8(2)5-6-14-11-7-9(12)3-4-10(11)13/h3-5,7H,6,13H2,1-2H3. The first-order valence-electron chi connectivity index (χ1n) is 4.41. The van der Waals surface area contributed by atoms with E-state index >= 15 is 0 Å². The summed E-state index contributed by atoms with van der Waals surface area (Å²) in [5, 5.41) is 0. The van der Waals surface area contributed by atoms with Gasteiger partial charge in [0.25, 0.3) is 0 Å². The second kappa shape index (κ2) is 4.65. The van der Waals surface area contributed by atoms with Gasteiger partial charge < -0.3 is 10.5 Å². The van der Waals surface area contributed by atoms with E-state index in [1.54, 1.807) is 0 Å². The van der Waals surface area contributed by atoms with E-state index in [1.807, 2.05) is 19.9 Å². The van der Waals surface area contributed by atoms with Crippen LogP contribution in [0.4, 0.5) is 10.1 Å². The molecule has 1 rings (SSSR count). The number of anilines is 1. The third kappa shape index (κ3) is 3.09. The maximum Gasteiger partial charge on any atom is 0.145 e. The molecule has 1 aromatic rings. The molecule has 76 valence electrons. The summed E-state index contributed by atoms with van der Waals surface area (Å²) >= 11 is 0. The fourth-order valence-corrected chi connectivity index (χ4v) is 0.931. The summed E-state index contributed by atoms with van der Waals surface area (Å²) < 4.78 is 18.1. The van der Waals surface area contributed by atoms with Gasteiger partial charge in [-0.2, -0.15) is 0 Å². The molecular formula is C11H14FNO. The van der Waals surface area contributed by atoms with Crippen LogP contribution in [0.2, 0.25) is 0 Å². The second-order valence-electron chi connectivity index (χ2n) is 3.27. The van der Waals surface area contributed by atoms with Crippen molar-refractivity contribution >= 4 is 5.69 Å². The minimum atomic E-state index is -0.341. The van der Waals surface area contributed by atoms with E-state index in [0.29, 0.717) is 18.0 Å². The summed E-state index contributed by atoms with van der Waals surface area (Å²) in [4.78, 5) is 0. The Morgan fingerprint density at radius 1 is 1.50 bits per heavy atom. The zero-order valence-corrected chi connectivity index (χ0v) is 8.38. The fraction of sp³-hybridized carbons (Fsp3) is 0.273. The van der Waals surface area contributed by atoms with Crippen LogP contribution in [-0.2, 0) is 0 Å². The third-order valence-corrected chi connectivity index (χ3v) is 1.71. The van der Waals surface area contributed by atoms with Crippen LogP contribution in [0.15, 0.2) is 29.8 Å². The van der Waals surface area contributed by atoms with Crippen molar-refractivity contribution < 1.29 is 9.13 Å². The van der Waals surface area contributed by atoms with Gasteiger partial charge in [-0.25, -0.2) is 4.39 Å². The Morgan fingerprint density at radius 3 is 2.86 bits per heavy atom. The highest BCUT2D eigenvalue weighted by molar-refractivity contribution is 5.52. The highest BCUT2D eigenvalue weighted by Crippen LogP contribution is 2.21. The van der Waals surface area contributed by atoms with Crippen LogP contribution < -0.4 is 10.5 Å². The Kier molecular flexibility index (Phi) is 3.51. The van der Waals surface area contributed by atoms with E-state index in [-0.39, 0.29) is 5.82 Å². The first kappa shape index (κ1) is 10.6. The lowest BCUT2D eigenvalue weighted by Gasteiger charge is -2.06. The van der Waals surface area contributed by atoms with Gasteiger partial charge in [-0.15, -0.1) is 0 Å². The normalized spacial score (nSPS) is 9.64. The first-order valence-corrected chi connectivity index (χ1v) is 4.41. The second-order valence-corrected chi connectivity index (χ2v) is 3.27. The first-order chi connectivity index (χ1) is 6.59. The van der Waals surface area contributed by atoms with Crippen molar-refractivity contribution in [3.05, 3.63) is 35.7 Å². The number of allylic oxidation sites excluding steroid dienone is 1. The third-order valence-electron chi connectivity index (χ3n) is 1.71. The number of benzene rings is 1. The minimum Gasteiger partial charge on any atom is -0.487 e. The molecule has 0 aromatic heterocycles. The molecule has 0 bridgehead atoms. The van der Waals surface area contributed by atoms with Gasteiger partial charge in [-0.1, -0.05) is 5.57 Å². The average Bonchev–Trinajstić information content (AvgIpc) is 2.10. The largest absolute Gasteiger partial charge is 0.487 e. The van der Waals surface area contributed by atoms with Crippen LogP contribution in [0.5, 0.6) is 5.75 Å². The van der Waals surface area contributed by atoms with Crippen LogP contribution in [0.3, 0.4) is 0 Å². The monoisotopic (exact) mass is 195 g/mol. The number of ether oxygens (including phenoxy) is 1. The Bertz CT molecular complexity index is 343. The number of hydrogen-bond donors (Lipinski definition) is 1. The molecule has 0 saturated heterocycles. The van der Waals surface area contributed by atoms with E-state index in [2.05, 4.69) is 0 Å². The number of nitrogen functional groups attached to an aromatic ring is 1. The quantitative estimate of drug-likeness (QED) is 0.594. The molecular weight excluding hydrogens is 181 g/mol. The Hall–Kier alpha value is -1.51. The molecule has 0 saturated carbocycles. The Labute approximate surface area is 83.2 Å². The smallest absolute Gasteiger partial charge is 0.145 e. The average molecular weight is 195 g/mol. The van der Waals surface area contributed by atoms with E-state index in [4.69, 9.17) is 10.5 Å². The summed E-state index contributed by atoms with van der Waals surface area (Å²) in [5.74, 6) is 0.0499. The van der Waals surface area contributed by atoms with Crippen molar-refractivity contribution in [1.29, 1.82) is 0 Å². The van der Waals surface area contributed by atoms with Gasteiger partial charge in [0.1, 0.15) is 18.2 Å². The summed E-state index contributed by atoms with van der Waals surface area (Å²) in [6, 6.07) is 4.09. The van der Waals surface area contributed by atoms with Gasteiger partial charge in [0.2, 0.25) is 0 Å². The molecule has 3 heteroatoms. The molecule has 1 aromatic carbocycles. The van der Waals surface area contributed by atoms with Crippen LogP contribution in [0.1, 0.15) is 13.8 Å². The molecule has 0 aliphatic heterocycles. The summed E-state index contributed by atoms with van der Waals surface area (Å²) in [7, 11) is 0. The summed E-state index contributed by atoms with van der Waals surface area (Å²) in [5.41, 5.74) is 7.20. The molecule has 0 atom stereocenters. The lowest BCUT2D eigenvalue weighted by atomic mass is 10.3. The highest BCUT2D eigenvalue weighted by Gasteiger charge is 2.00. The Morgan fingerprint density at radius 2 is 2.21 bits per heavy atom. The summed E-state index contributed by atoms with van der Waals surface area (Å²) in [6.07, 6.45) is 1.91. The molecule has 0 aliphatic rings. The predicted molar refractivity (Wildman–Crippen MR) is 55.7 cm³/mol. The molecule has 0 aliphatic carbocycles. The lowest BCUT2D eigenvalue weighted by molar-refractivity contribution is 0.361. The number of nitrogens with two attached hydrogens (primary N) is 1. The van der Waals surface area contributed by atoms with Gasteiger partial charge >= 0.3 is 0 Å². The molecule has 2 N–H and O–H groups in total. The zero-order valence-electron chi connectivity index (χ0n) is 8.38. The van der Waals surface area contributed by atoms with Crippen molar-refractivity contribution in [2.45, 2.75) is 13.8 Å². The zero-order chi connectivity index (χ0) is 10.6. The van der Waals surface area contributed by atoms with E-state index in [1.165, 1.54) is 18.2 Å². The van der Waals surface area contributed by atoms with Gasteiger partial charge in [-0.3, -0.25) is 0 Å². The molecule has 14 heavy (non-hydrogen) atoms. The fourth-order valence-electron chi connectivity index (χ4n) is 0.931. The number of rotatable bonds is 3. The highest BCUT2D eigenvalue weighted by atomic mass is 19.1. The van der Waals surface area contributed by atoms with Crippen molar-refractivity contribution in [3.63, 3.8) is 0 Å². The molecule has 0 unspecified atom stereocenters. The van der Waals surface area contributed by atoms with E-state index in [0.717, 1.165) is 5.57 Å². The lowest BCUT2D eigenvalue weighted by Crippen LogP contribution is -1.98. The molecule has 0 spiro atoms. The number of halogens is 1. The van der Waals surface area contributed by atoms with Crippen LogP contribution in [0.25, 0.3) is 0 Å². The minimum absolute atomic E-state index is 0.341. The summed E-state index contributed by atoms with van der Waals surface area (Å²) in [6.45, 7) is 4.35. The van der Waals surface area contributed by atoms with Gasteiger partial charge in [-0.05, 0) is 32.1 Å². The van der Waals surface area contributed by atoms with Gasteiger partial charge in [0.05, 0.1) is 5.69 Å². The van der Waals surface area contributed by atoms with Crippen molar-refractivity contribution in [1.82, 2.24) is 0 Å². The van der Waals surface area contributed by atoms with Gasteiger partial charge in [0, 0.05) is 6.07 Å². The van der Waals surface area contributed by atoms with E-state index < -0.39 is 0 Å².